The maximum Gasteiger partial charge on any atom is 0.228 e. The Labute approximate surface area is 123 Å². The Morgan fingerprint density at radius 2 is 2.19 bits per heavy atom. The molecule has 0 bridgehead atoms. The molecule has 6 heteroatoms. The van der Waals surface area contributed by atoms with Crippen molar-refractivity contribution in [2.75, 3.05) is 26.2 Å². The number of piperidine rings is 1. The Hall–Kier alpha value is -1.95. The van der Waals surface area contributed by atoms with Crippen LogP contribution in [0.4, 0.5) is 0 Å². The van der Waals surface area contributed by atoms with Crippen molar-refractivity contribution in [3.8, 4) is 0 Å². The number of hydrogen-bond donors (Lipinski definition) is 1. The average molecular weight is 285 g/mol. The van der Waals surface area contributed by atoms with Gasteiger partial charge >= 0.3 is 0 Å². The maximum absolute atomic E-state index is 12.4. The number of likely N-dealkylation sites (tertiary alicyclic amines) is 1. The first kappa shape index (κ1) is 12.8. The van der Waals surface area contributed by atoms with Crippen molar-refractivity contribution < 1.29 is 4.79 Å². The molecule has 2 aromatic heterocycles. The Kier molecular flexibility index (Phi) is 3.11. The quantitative estimate of drug-likeness (QED) is 0.880. The third-order valence-electron chi connectivity index (χ3n) is 4.57. The number of aromatic nitrogens is 3. The van der Waals surface area contributed by atoms with Crippen LogP contribution >= 0.6 is 0 Å². The molecule has 4 rings (SSSR count). The third-order valence-corrected chi connectivity index (χ3v) is 4.57. The fourth-order valence-corrected chi connectivity index (χ4v) is 3.25. The van der Waals surface area contributed by atoms with E-state index in [1.54, 1.807) is 0 Å². The number of nitrogens with one attached hydrogen (secondary N) is 1. The first-order chi connectivity index (χ1) is 10.3. The summed E-state index contributed by atoms with van der Waals surface area (Å²) in [6.45, 7) is 3.30. The first-order valence-electron chi connectivity index (χ1n) is 7.62. The minimum atomic E-state index is 0.180. The van der Waals surface area contributed by atoms with Crippen molar-refractivity contribution in [3.05, 3.63) is 30.2 Å². The van der Waals surface area contributed by atoms with Crippen molar-refractivity contribution in [1.29, 1.82) is 0 Å². The summed E-state index contributed by atoms with van der Waals surface area (Å²) in [7, 11) is 0. The minimum Gasteiger partial charge on any atom is -0.342 e. The fourth-order valence-electron chi connectivity index (χ4n) is 3.25. The molecule has 0 aromatic carbocycles. The molecule has 110 valence electrons. The standard InChI is InChI=1S/C15H19N5O/c21-15(12-8-16-9-12)19-6-3-4-11(10-19)14-18-17-13-5-1-2-7-20(13)14/h1-2,5,7,11-12,16H,3-4,6,8-10H2. The second-order valence-corrected chi connectivity index (χ2v) is 5.97. The van der Waals surface area contributed by atoms with E-state index < -0.39 is 0 Å². The van der Waals surface area contributed by atoms with Gasteiger partial charge in [0.15, 0.2) is 5.65 Å². The molecule has 6 nitrogen and oxygen atoms in total. The Morgan fingerprint density at radius 3 is 3.00 bits per heavy atom. The van der Waals surface area contributed by atoms with Crippen molar-refractivity contribution in [2.24, 2.45) is 5.92 Å². The largest absolute Gasteiger partial charge is 0.342 e. The number of hydrogen-bond acceptors (Lipinski definition) is 4. The lowest BCUT2D eigenvalue weighted by atomic mass is 9.94. The van der Waals surface area contributed by atoms with E-state index in [0.29, 0.717) is 5.91 Å². The van der Waals surface area contributed by atoms with Crippen LogP contribution in [0.15, 0.2) is 24.4 Å². The van der Waals surface area contributed by atoms with Crippen LogP contribution in [0.5, 0.6) is 0 Å². The zero-order chi connectivity index (χ0) is 14.2. The molecule has 0 saturated carbocycles. The minimum absolute atomic E-state index is 0.180. The summed E-state index contributed by atoms with van der Waals surface area (Å²) in [4.78, 5) is 14.4. The van der Waals surface area contributed by atoms with Gasteiger partial charge in [0.1, 0.15) is 5.82 Å². The van der Waals surface area contributed by atoms with Crippen LogP contribution in [0.1, 0.15) is 24.6 Å². The van der Waals surface area contributed by atoms with Crippen molar-refractivity contribution in [2.45, 2.75) is 18.8 Å². The van der Waals surface area contributed by atoms with Crippen LogP contribution in [0, 0.1) is 5.92 Å². The summed E-state index contributed by atoms with van der Waals surface area (Å²) >= 11 is 0. The van der Waals surface area contributed by atoms with Gasteiger partial charge in [0.05, 0.1) is 5.92 Å². The molecule has 2 aromatic rings. The molecule has 0 spiro atoms. The van der Waals surface area contributed by atoms with E-state index >= 15 is 0 Å². The highest BCUT2D eigenvalue weighted by atomic mass is 16.2. The number of fused-ring (bicyclic) bond motifs is 1. The monoisotopic (exact) mass is 285 g/mol. The number of carbonyl (C=O) groups excluding carboxylic acids is 1. The summed E-state index contributed by atoms with van der Waals surface area (Å²) in [5.74, 6) is 1.74. The van der Waals surface area contributed by atoms with E-state index in [4.69, 9.17) is 0 Å². The molecule has 2 saturated heterocycles. The van der Waals surface area contributed by atoms with E-state index in [1.807, 2.05) is 33.7 Å². The molecular formula is C15H19N5O. The van der Waals surface area contributed by atoms with Crippen LogP contribution in [0.2, 0.25) is 0 Å². The van der Waals surface area contributed by atoms with Crippen molar-refractivity contribution >= 4 is 11.6 Å². The summed E-state index contributed by atoms with van der Waals surface area (Å²) in [5, 5.41) is 11.8. The highest BCUT2D eigenvalue weighted by Crippen LogP contribution is 2.27. The second-order valence-electron chi connectivity index (χ2n) is 5.97. The normalized spacial score (nSPS) is 23.2. The average Bonchev–Trinajstić information content (AvgIpc) is 2.89. The number of pyridine rings is 1. The van der Waals surface area contributed by atoms with Gasteiger partial charge in [0.2, 0.25) is 5.91 Å². The van der Waals surface area contributed by atoms with Gasteiger partial charge in [0.25, 0.3) is 0 Å². The van der Waals surface area contributed by atoms with Gasteiger partial charge in [-0.25, -0.2) is 0 Å². The molecule has 1 N–H and O–H groups in total. The summed E-state index contributed by atoms with van der Waals surface area (Å²) < 4.78 is 2.05. The molecule has 0 radical (unpaired) electrons. The lowest BCUT2D eigenvalue weighted by Gasteiger charge is -2.37. The SMILES string of the molecule is O=C(C1CNC1)N1CCCC(c2nnc3ccccn23)C1. The summed E-state index contributed by atoms with van der Waals surface area (Å²) in [6.07, 6.45) is 4.11. The van der Waals surface area contributed by atoms with Gasteiger partial charge in [0, 0.05) is 38.3 Å². The van der Waals surface area contributed by atoms with Gasteiger partial charge in [-0.2, -0.15) is 0 Å². The summed E-state index contributed by atoms with van der Waals surface area (Å²) in [5.41, 5.74) is 0.874. The number of amides is 1. The van der Waals surface area contributed by atoms with E-state index in [1.165, 1.54) is 0 Å². The molecule has 1 unspecified atom stereocenters. The molecule has 2 fully saturated rings. The topological polar surface area (TPSA) is 62.5 Å². The first-order valence-corrected chi connectivity index (χ1v) is 7.62. The van der Waals surface area contributed by atoms with E-state index in [9.17, 15) is 4.79 Å². The Morgan fingerprint density at radius 1 is 1.29 bits per heavy atom. The van der Waals surface area contributed by atoms with Gasteiger partial charge in [-0.15, -0.1) is 10.2 Å². The van der Waals surface area contributed by atoms with Crippen LogP contribution in [-0.2, 0) is 4.79 Å². The van der Waals surface area contributed by atoms with E-state index in [-0.39, 0.29) is 11.8 Å². The van der Waals surface area contributed by atoms with E-state index in [2.05, 4.69) is 15.5 Å². The molecular weight excluding hydrogens is 266 g/mol. The highest BCUT2D eigenvalue weighted by molar-refractivity contribution is 5.80. The molecule has 0 aliphatic carbocycles. The molecule has 1 atom stereocenters. The van der Waals surface area contributed by atoms with Crippen LogP contribution < -0.4 is 5.32 Å². The third kappa shape index (κ3) is 2.19. The number of carbonyl (C=O) groups is 1. The van der Waals surface area contributed by atoms with Gasteiger partial charge in [-0.1, -0.05) is 6.07 Å². The fraction of sp³-hybridized carbons (Fsp3) is 0.533. The Bertz CT molecular complexity index is 663. The lowest BCUT2D eigenvalue weighted by molar-refractivity contribution is -0.138. The zero-order valence-corrected chi connectivity index (χ0v) is 11.9. The van der Waals surface area contributed by atoms with Crippen molar-refractivity contribution in [3.63, 3.8) is 0 Å². The van der Waals surface area contributed by atoms with Gasteiger partial charge in [-0.3, -0.25) is 9.20 Å². The second kappa shape index (κ2) is 5.11. The smallest absolute Gasteiger partial charge is 0.228 e. The lowest BCUT2D eigenvalue weighted by Crippen LogP contribution is -2.53. The van der Waals surface area contributed by atoms with Crippen LogP contribution in [0.3, 0.4) is 0 Å². The van der Waals surface area contributed by atoms with Crippen LogP contribution in [-0.4, -0.2) is 51.6 Å². The summed E-state index contributed by atoms with van der Waals surface area (Å²) in [6, 6.07) is 5.92. The molecule has 2 aliphatic heterocycles. The van der Waals surface area contributed by atoms with Gasteiger partial charge in [-0.05, 0) is 25.0 Å². The number of nitrogens with zero attached hydrogens (tertiary/aromatic N) is 4. The Balaban J connectivity index is 1.56. The van der Waals surface area contributed by atoms with Crippen molar-refractivity contribution in [1.82, 2.24) is 24.8 Å². The van der Waals surface area contributed by atoms with Crippen LogP contribution in [0.25, 0.3) is 5.65 Å². The van der Waals surface area contributed by atoms with Gasteiger partial charge < -0.3 is 10.2 Å². The highest BCUT2D eigenvalue weighted by Gasteiger charge is 2.33. The molecule has 21 heavy (non-hydrogen) atoms. The zero-order valence-electron chi connectivity index (χ0n) is 11.9. The molecule has 2 aliphatic rings. The molecule has 4 heterocycles. The number of rotatable bonds is 2. The predicted octanol–water partition coefficient (Wildman–Crippen LogP) is 0.655. The van der Waals surface area contributed by atoms with E-state index in [0.717, 1.165) is 50.5 Å². The predicted molar refractivity (Wildman–Crippen MR) is 77.9 cm³/mol. The molecule has 1 amide bonds. The maximum atomic E-state index is 12.4.